The third kappa shape index (κ3) is 4.67. The van der Waals surface area contributed by atoms with E-state index in [9.17, 15) is 19.5 Å². The van der Waals surface area contributed by atoms with Gasteiger partial charge in [-0.1, -0.05) is 63.9 Å². The molecule has 0 saturated carbocycles. The van der Waals surface area contributed by atoms with Crippen LogP contribution in [0.2, 0.25) is 0 Å². The lowest BCUT2D eigenvalue weighted by molar-refractivity contribution is -0.144. The standard InChI is InChI=1S/C28H41N3O4S/c1-5-10-18(4)30-26(34)24-28-14-13-21(36-28)22(25(33)29-15-19-11-8-7-9-12-19)23(28)27(35)31(24)20(16-32)17(3)6-2/h7-9,11-12,17-18,20-24,32H,5-6,10,13-16H2,1-4H3,(H,29,33)(H,30,34)/t17-,18?,20-,21+,22-,23-,24?,28?/m0/s1. The van der Waals surface area contributed by atoms with Crippen LogP contribution >= 0.6 is 11.8 Å². The Labute approximate surface area is 219 Å². The van der Waals surface area contributed by atoms with Crippen LogP contribution in [-0.4, -0.2) is 62.5 Å². The van der Waals surface area contributed by atoms with Crippen LogP contribution in [0.25, 0.3) is 0 Å². The number of aliphatic hydroxyl groups is 1. The van der Waals surface area contributed by atoms with Gasteiger partial charge in [-0.15, -0.1) is 11.8 Å². The zero-order valence-electron chi connectivity index (χ0n) is 21.9. The van der Waals surface area contributed by atoms with E-state index >= 15 is 0 Å². The minimum absolute atomic E-state index is 0.000326. The molecule has 1 aromatic carbocycles. The first-order valence-electron chi connectivity index (χ1n) is 13.5. The van der Waals surface area contributed by atoms with E-state index in [0.717, 1.165) is 37.7 Å². The molecule has 3 amide bonds. The summed E-state index contributed by atoms with van der Waals surface area (Å²) in [6.07, 6.45) is 4.14. The number of aliphatic hydroxyl groups excluding tert-OH is 1. The van der Waals surface area contributed by atoms with Crippen molar-refractivity contribution in [2.75, 3.05) is 6.61 Å². The van der Waals surface area contributed by atoms with Gasteiger partial charge in [0.05, 0.1) is 29.2 Å². The maximum atomic E-state index is 14.1. The molecule has 3 unspecified atom stereocenters. The fourth-order valence-corrected chi connectivity index (χ4v) is 8.80. The van der Waals surface area contributed by atoms with E-state index in [4.69, 9.17) is 0 Å². The van der Waals surface area contributed by atoms with Gasteiger partial charge in [-0.3, -0.25) is 14.4 Å². The number of thioether (sulfide) groups is 1. The summed E-state index contributed by atoms with van der Waals surface area (Å²) in [7, 11) is 0. The highest BCUT2D eigenvalue weighted by atomic mass is 32.2. The Kier molecular flexibility index (Phi) is 8.35. The molecule has 3 heterocycles. The predicted octanol–water partition coefficient (Wildman–Crippen LogP) is 3.11. The molecule has 8 atom stereocenters. The van der Waals surface area contributed by atoms with Crippen molar-refractivity contribution in [3.05, 3.63) is 35.9 Å². The Bertz CT molecular complexity index is 959. The maximum Gasteiger partial charge on any atom is 0.244 e. The van der Waals surface area contributed by atoms with Crippen molar-refractivity contribution < 1.29 is 19.5 Å². The van der Waals surface area contributed by atoms with Crippen molar-refractivity contribution in [1.82, 2.24) is 15.5 Å². The summed E-state index contributed by atoms with van der Waals surface area (Å²) in [6, 6.07) is 8.62. The normalized spacial score (nSPS) is 31.1. The van der Waals surface area contributed by atoms with Crippen LogP contribution in [0.4, 0.5) is 0 Å². The first-order chi connectivity index (χ1) is 17.3. The summed E-state index contributed by atoms with van der Waals surface area (Å²) < 4.78 is -0.632. The number of nitrogens with one attached hydrogen (secondary N) is 2. The number of carbonyl (C=O) groups excluding carboxylic acids is 3. The topological polar surface area (TPSA) is 98.7 Å². The van der Waals surface area contributed by atoms with Crippen LogP contribution in [-0.2, 0) is 20.9 Å². The lowest BCUT2D eigenvalue weighted by Gasteiger charge is -2.39. The van der Waals surface area contributed by atoms with Crippen LogP contribution in [0.15, 0.2) is 30.3 Å². The third-order valence-electron chi connectivity index (χ3n) is 8.55. The lowest BCUT2D eigenvalue weighted by atomic mass is 9.70. The average molecular weight is 516 g/mol. The molecule has 0 aliphatic carbocycles. The van der Waals surface area contributed by atoms with E-state index < -0.39 is 28.7 Å². The second-order valence-electron chi connectivity index (χ2n) is 10.8. The van der Waals surface area contributed by atoms with E-state index in [1.807, 2.05) is 51.1 Å². The monoisotopic (exact) mass is 515 g/mol. The summed E-state index contributed by atoms with van der Waals surface area (Å²) >= 11 is 1.67. The van der Waals surface area contributed by atoms with Crippen LogP contribution in [0.1, 0.15) is 65.4 Å². The Morgan fingerprint density at radius 2 is 1.92 bits per heavy atom. The highest BCUT2D eigenvalue weighted by Gasteiger charge is 2.74. The minimum Gasteiger partial charge on any atom is -0.394 e. The van der Waals surface area contributed by atoms with Gasteiger partial charge < -0.3 is 20.6 Å². The number of amides is 3. The molecule has 2 bridgehead atoms. The highest BCUT2D eigenvalue weighted by Crippen LogP contribution is 2.66. The fourth-order valence-electron chi connectivity index (χ4n) is 6.59. The van der Waals surface area contributed by atoms with Gasteiger partial charge in [-0.05, 0) is 37.7 Å². The van der Waals surface area contributed by atoms with Crippen molar-refractivity contribution in [1.29, 1.82) is 0 Å². The first kappa shape index (κ1) is 27.0. The molecule has 7 nitrogen and oxygen atoms in total. The van der Waals surface area contributed by atoms with Crippen molar-refractivity contribution in [2.24, 2.45) is 17.8 Å². The van der Waals surface area contributed by atoms with Gasteiger partial charge in [0, 0.05) is 17.8 Å². The van der Waals surface area contributed by atoms with E-state index in [2.05, 4.69) is 17.6 Å². The molecule has 4 rings (SSSR count). The SMILES string of the molecule is CCCC(C)NC(=O)C1N([C@@H](CO)[C@@H](C)CC)C(=O)[C@@H]2[C@@H](C(=O)NCc3ccccc3)[C@H]3CCC12S3. The molecule has 1 aromatic rings. The smallest absolute Gasteiger partial charge is 0.244 e. The van der Waals surface area contributed by atoms with Crippen LogP contribution in [0.3, 0.4) is 0 Å². The van der Waals surface area contributed by atoms with Gasteiger partial charge in [0.1, 0.15) is 6.04 Å². The van der Waals surface area contributed by atoms with Gasteiger partial charge in [0.2, 0.25) is 17.7 Å². The molecular weight excluding hydrogens is 474 g/mol. The number of nitrogens with zero attached hydrogens (tertiary/aromatic N) is 1. The predicted molar refractivity (Wildman–Crippen MR) is 142 cm³/mol. The van der Waals surface area contributed by atoms with Crippen molar-refractivity contribution in [3.8, 4) is 0 Å². The highest BCUT2D eigenvalue weighted by molar-refractivity contribution is 8.02. The fraction of sp³-hybridized carbons (Fsp3) is 0.679. The molecule has 3 N–H and O–H groups in total. The molecule has 0 radical (unpaired) electrons. The maximum absolute atomic E-state index is 14.1. The van der Waals surface area contributed by atoms with E-state index in [1.165, 1.54) is 0 Å². The number of hydrogen-bond donors (Lipinski definition) is 3. The number of benzene rings is 1. The molecule has 8 heteroatoms. The first-order valence-corrected chi connectivity index (χ1v) is 14.4. The summed E-state index contributed by atoms with van der Waals surface area (Å²) in [5, 5.41) is 16.6. The van der Waals surface area contributed by atoms with Gasteiger partial charge in [0.25, 0.3) is 0 Å². The second-order valence-corrected chi connectivity index (χ2v) is 12.4. The van der Waals surface area contributed by atoms with Gasteiger partial charge >= 0.3 is 0 Å². The number of carbonyl (C=O) groups is 3. The Morgan fingerprint density at radius 3 is 2.56 bits per heavy atom. The van der Waals surface area contributed by atoms with E-state index in [0.29, 0.717) is 6.54 Å². The van der Waals surface area contributed by atoms with Gasteiger partial charge in [-0.2, -0.15) is 0 Å². The van der Waals surface area contributed by atoms with Crippen LogP contribution < -0.4 is 10.6 Å². The summed E-state index contributed by atoms with van der Waals surface area (Å²) in [4.78, 5) is 43.2. The number of hydrogen-bond acceptors (Lipinski definition) is 5. The van der Waals surface area contributed by atoms with Crippen LogP contribution in [0.5, 0.6) is 0 Å². The molecule has 3 aliphatic heterocycles. The van der Waals surface area contributed by atoms with E-state index in [1.54, 1.807) is 16.7 Å². The van der Waals surface area contributed by atoms with Gasteiger partial charge in [-0.25, -0.2) is 0 Å². The van der Waals surface area contributed by atoms with Crippen molar-refractivity contribution >= 4 is 29.5 Å². The molecule has 3 fully saturated rings. The Balaban J connectivity index is 1.65. The van der Waals surface area contributed by atoms with E-state index in [-0.39, 0.29) is 41.5 Å². The summed E-state index contributed by atoms with van der Waals surface area (Å²) in [5.41, 5.74) is 1.01. The minimum atomic E-state index is -0.678. The second kappa shape index (κ2) is 11.1. The van der Waals surface area contributed by atoms with Crippen molar-refractivity contribution in [3.63, 3.8) is 0 Å². The number of likely N-dealkylation sites (tertiary alicyclic amines) is 1. The zero-order chi connectivity index (χ0) is 26.0. The Morgan fingerprint density at radius 1 is 1.19 bits per heavy atom. The summed E-state index contributed by atoms with van der Waals surface area (Å²) in [5.74, 6) is -1.39. The quantitative estimate of drug-likeness (QED) is 0.421. The largest absolute Gasteiger partial charge is 0.394 e. The molecule has 36 heavy (non-hydrogen) atoms. The Hall–Kier alpha value is -2.06. The lowest BCUT2D eigenvalue weighted by Crippen LogP contribution is -2.58. The molecule has 198 valence electrons. The molecule has 0 aromatic heterocycles. The zero-order valence-corrected chi connectivity index (χ0v) is 22.7. The average Bonchev–Trinajstić information content (AvgIpc) is 3.51. The number of fused-ring (bicyclic) bond motifs is 1. The van der Waals surface area contributed by atoms with Gasteiger partial charge in [0.15, 0.2) is 0 Å². The number of rotatable bonds is 11. The molecule has 3 saturated heterocycles. The molecule has 1 spiro atoms. The van der Waals surface area contributed by atoms with Crippen molar-refractivity contribution in [2.45, 2.75) is 94.5 Å². The third-order valence-corrected chi connectivity index (χ3v) is 10.5. The molecular formula is C28H41N3O4S. The van der Waals surface area contributed by atoms with Crippen LogP contribution in [0, 0.1) is 17.8 Å². The summed E-state index contributed by atoms with van der Waals surface area (Å²) in [6.45, 7) is 8.34. The molecule has 3 aliphatic rings.